The topological polar surface area (TPSA) is 6.48 Å². The lowest BCUT2D eigenvalue weighted by Gasteiger charge is -2.60. The fourth-order valence-corrected chi connectivity index (χ4v) is 12.0. The molecular weight excluding hydrogens is 631 g/mol. The van der Waals surface area contributed by atoms with Crippen LogP contribution < -0.4 is 9.80 Å². The van der Waals surface area contributed by atoms with Gasteiger partial charge in [-0.3, -0.25) is 0 Å². The zero-order valence-electron chi connectivity index (χ0n) is 30.5. The standard InChI is InChI=1S/C47H48F2N2/c1-29-38-9-5-6-22-45(38,2)27-32-25-34(48)14-20-39(32)50(29)41-18-12-30-11-17-37-42(19-13-31-10-16-36(41)43(30)44(31)37)51-40-21-15-35(49)26-33(40)28-46(3)23-7-8-24-47(46,51)4/h10-21,25-26,29,38H,5-9,22-24,27-28H2,1-4H3. The van der Waals surface area contributed by atoms with E-state index in [-0.39, 0.29) is 34.0 Å². The fourth-order valence-electron chi connectivity index (χ4n) is 12.0. The lowest BCUT2D eigenvalue weighted by Crippen LogP contribution is -2.60. The molecule has 0 saturated heterocycles. The first-order valence-electron chi connectivity index (χ1n) is 19.5. The van der Waals surface area contributed by atoms with Gasteiger partial charge in [-0.15, -0.1) is 0 Å². The average Bonchev–Trinajstić information content (AvgIpc) is 3.20. The maximum atomic E-state index is 14.9. The number of hydrogen-bond acceptors (Lipinski definition) is 2. The smallest absolute Gasteiger partial charge is 0.123 e. The van der Waals surface area contributed by atoms with Crippen molar-refractivity contribution in [3.8, 4) is 0 Å². The summed E-state index contributed by atoms with van der Waals surface area (Å²) in [4.78, 5) is 5.19. The SMILES string of the molecule is CC1C2CCCCC2(C)Cc2cc(F)ccc2N1c1ccc2ccc3c(N4c5ccc(F)cc5CC5(C)CCCCC45C)ccc4ccc1c2c43. The number of fused-ring (bicyclic) bond motifs is 4. The zero-order valence-corrected chi connectivity index (χ0v) is 30.5. The van der Waals surface area contributed by atoms with E-state index < -0.39 is 0 Å². The van der Waals surface area contributed by atoms with Gasteiger partial charge in [0.2, 0.25) is 0 Å². The van der Waals surface area contributed by atoms with E-state index in [1.54, 1.807) is 24.3 Å². The van der Waals surface area contributed by atoms with Crippen LogP contribution in [0.2, 0.25) is 0 Å². The highest BCUT2D eigenvalue weighted by Gasteiger charge is 2.54. The van der Waals surface area contributed by atoms with Gasteiger partial charge < -0.3 is 9.80 Å². The number of rotatable bonds is 2. The molecular formula is C47H48F2N2. The van der Waals surface area contributed by atoms with E-state index in [9.17, 15) is 8.78 Å². The summed E-state index contributed by atoms with van der Waals surface area (Å²) in [6.07, 6.45) is 11.4. The molecule has 0 amide bonds. The molecule has 6 aromatic carbocycles. The molecule has 2 nitrogen and oxygen atoms in total. The second-order valence-corrected chi connectivity index (χ2v) is 17.5. The third-order valence-corrected chi connectivity index (χ3v) is 14.7. The molecule has 51 heavy (non-hydrogen) atoms. The van der Waals surface area contributed by atoms with Crippen molar-refractivity contribution in [2.45, 2.75) is 103 Å². The van der Waals surface area contributed by atoms with Crippen molar-refractivity contribution in [1.82, 2.24) is 0 Å². The predicted octanol–water partition coefficient (Wildman–Crippen LogP) is 13.2. The zero-order chi connectivity index (χ0) is 34.9. The fraction of sp³-hybridized carbons (Fsp3) is 0.404. The summed E-state index contributed by atoms with van der Waals surface area (Å²) in [5.41, 5.74) is 7.05. The van der Waals surface area contributed by atoms with Crippen molar-refractivity contribution >= 4 is 55.1 Å². The summed E-state index contributed by atoms with van der Waals surface area (Å²) in [6, 6.07) is 29.8. The first kappa shape index (κ1) is 31.5. The number of anilines is 4. The lowest BCUT2D eigenvalue weighted by molar-refractivity contribution is 0.0863. The molecule has 2 aliphatic carbocycles. The summed E-state index contributed by atoms with van der Waals surface area (Å²) < 4.78 is 29.8. The normalized spacial score (nSPS) is 29.1. The Morgan fingerprint density at radius 2 is 1.16 bits per heavy atom. The van der Waals surface area contributed by atoms with Crippen LogP contribution in [-0.4, -0.2) is 11.6 Å². The first-order chi connectivity index (χ1) is 24.6. The largest absolute Gasteiger partial charge is 0.338 e. The van der Waals surface area contributed by atoms with E-state index >= 15 is 0 Å². The van der Waals surface area contributed by atoms with E-state index in [0.717, 1.165) is 48.2 Å². The number of benzene rings is 6. The third-order valence-electron chi connectivity index (χ3n) is 14.7. The van der Waals surface area contributed by atoms with E-state index in [1.165, 1.54) is 82.2 Å². The van der Waals surface area contributed by atoms with Crippen LogP contribution in [0.25, 0.3) is 32.3 Å². The van der Waals surface area contributed by atoms with Crippen molar-refractivity contribution in [1.29, 1.82) is 0 Å². The van der Waals surface area contributed by atoms with E-state index in [4.69, 9.17) is 0 Å². The number of hydrogen-bond donors (Lipinski definition) is 0. The Kier molecular flexibility index (Phi) is 6.75. The molecule has 2 fully saturated rings. The molecule has 4 heteroatoms. The van der Waals surface area contributed by atoms with Crippen LogP contribution in [-0.2, 0) is 12.8 Å². The van der Waals surface area contributed by atoms with Gasteiger partial charge in [-0.25, -0.2) is 8.78 Å². The molecule has 4 aliphatic rings. The quantitative estimate of drug-likeness (QED) is 0.168. The average molecular weight is 679 g/mol. The highest BCUT2D eigenvalue weighted by atomic mass is 19.1. The summed E-state index contributed by atoms with van der Waals surface area (Å²) in [7, 11) is 0. The Hall–Kier alpha value is -4.18. The first-order valence-corrected chi connectivity index (χ1v) is 19.5. The summed E-state index contributed by atoms with van der Waals surface area (Å²) >= 11 is 0. The molecule has 0 N–H and O–H groups in total. The van der Waals surface area contributed by atoms with Crippen molar-refractivity contribution in [2.24, 2.45) is 16.7 Å². The van der Waals surface area contributed by atoms with Crippen LogP contribution >= 0.6 is 0 Å². The van der Waals surface area contributed by atoms with Gasteiger partial charge in [-0.1, -0.05) is 75.9 Å². The Bertz CT molecular complexity index is 2360. The van der Waals surface area contributed by atoms with E-state index in [1.807, 2.05) is 12.1 Å². The Labute approximate surface area is 300 Å². The molecule has 0 radical (unpaired) electrons. The van der Waals surface area contributed by atoms with Gasteiger partial charge in [0.1, 0.15) is 11.6 Å². The maximum Gasteiger partial charge on any atom is 0.123 e. The van der Waals surface area contributed by atoms with Crippen LogP contribution in [0.5, 0.6) is 0 Å². The number of halogens is 2. The number of nitrogens with zero attached hydrogens (tertiary/aromatic N) is 2. The molecule has 10 rings (SSSR count). The van der Waals surface area contributed by atoms with Gasteiger partial charge in [0.15, 0.2) is 0 Å². The molecule has 2 heterocycles. The summed E-state index contributed by atoms with van der Waals surface area (Å²) in [5, 5.41) is 7.57. The van der Waals surface area contributed by atoms with Gasteiger partial charge >= 0.3 is 0 Å². The maximum absolute atomic E-state index is 14.9. The molecule has 5 atom stereocenters. The molecule has 2 aliphatic heterocycles. The molecule has 0 aromatic heterocycles. The van der Waals surface area contributed by atoms with Crippen molar-refractivity contribution < 1.29 is 8.78 Å². The van der Waals surface area contributed by atoms with Gasteiger partial charge in [-0.2, -0.15) is 0 Å². The lowest BCUT2D eigenvalue weighted by atomic mass is 9.57. The van der Waals surface area contributed by atoms with Crippen molar-refractivity contribution in [2.75, 3.05) is 9.80 Å². The van der Waals surface area contributed by atoms with Crippen LogP contribution in [0.3, 0.4) is 0 Å². The summed E-state index contributed by atoms with van der Waals surface area (Å²) in [5.74, 6) is 0.216. The minimum Gasteiger partial charge on any atom is -0.338 e. The third kappa shape index (κ3) is 4.37. The molecule has 0 bridgehead atoms. The Morgan fingerprint density at radius 1 is 0.588 bits per heavy atom. The van der Waals surface area contributed by atoms with Crippen LogP contribution in [0.1, 0.15) is 90.2 Å². The molecule has 5 unspecified atom stereocenters. The van der Waals surface area contributed by atoms with Gasteiger partial charge in [-0.05, 0) is 150 Å². The molecule has 2 saturated carbocycles. The van der Waals surface area contributed by atoms with E-state index in [0.29, 0.717) is 5.92 Å². The Morgan fingerprint density at radius 3 is 1.88 bits per heavy atom. The second kappa shape index (κ2) is 10.9. The van der Waals surface area contributed by atoms with E-state index in [2.05, 4.69) is 86.0 Å². The summed E-state index contributed by atoms with van der Waals surface area (Å²) in [6.45, 7) is 9.79. The molecule has 6 aromatic rings. The highest BCUT2D eigenvalue weighted by molar-refractivity contribution is 6.27. The van der Waals surface area contributed by atoms with Crippen molar-refractivity contribution in [3.05, 3.63) is 108 Å². The van der Waals surface area contributed by atoms with Crippen LogP contribution in [0, 0.1) is 28.4 Å². The van der Waals surface area contributed by atoms with Gasteiger partial charge in [0, 0.05) is 45.1 Å². The Balaban J connectivity index is 1.22. The predicted molar refractivity (Wildman–Crippen MR) is 209 cm³/mol. The second-order valence-electron chi connectivity index (χ2n) is 17.5. The minimum absolute atomic E-state index is 0.0343. The highest BCUT2D eigenvalue weighted by Crippen LogP contribution is 2.59. The molecule has 260 valence electrons. The minimum atomic E-state index is -0.153. The van der Waals surface area contributed by atoms with Crippen molar-refractivity contribution in [3.63, 3.8) is 0 Å². The van der Waals surface area contributed by atoms with Crippen LogP contribution in [0.15, 0.2) is 84.9 Å². The van der Waals surface area contributed by atoms with Gasteiger partial charge in [0.05, 0.1) is 0 Å². The monoisotopic (exact) mass is 678 g/mol. The molecule has 0 spiro atoms. The van der Waals surface area contributed by atoms with Gasteiger partial charge in [0.25, 0.3) is 0 Å². The van der Waals surface area contributed by atoms with Crippen LogP contribution in [0.4, 0.5) is 31.5 Å².